The van der Waals surface area contributed by atoms with Crippen LogP contribution >= 0.6 is 35.0 Å². The molecule has 0 aliphatic carbocycles. The molecular formula is C20H17Cl2N3O5S. The number of halogens is 2. The van der Waals surface area contributed by atoms with Gasteiger partial charge >= 0.3 is 5.97 Å². The van der Waals surface area contributed by atoms with Crippen LogP contribution in [-0.4, -0.2) is 58.2 Å². The third-order valence-electron chi connectivity index (χ3n) is 4.42. The number of benzene rings is 1. The van der Waals surface area contributed by atoms with Gasteiger partial charge in [0.05, 0.1) is 21.2 Å². The average Bonchev–Trinajstić information content (AvgIpc) is 3.00. The highest BCUT2D eigenvalue weighted by Gasteiger charge is 2.43. The van der Waals surface area contributed by atoms with E-state index in [1.54, 1.807) is 12.1 Å². The van der Waals surface area contributed by atoms with Gasteiger partial charge in [-0.25, -0.2) is 9.78 Å². The number of hydrogen-bond donors (Lipinski definition) is 1. The number of anilines is 1. The zero-order chi connectivity index (χ0) is 22.5. The summed E-state index contributed by atoms with van der Waals surface area (Å²) in [7, 11) is 0. The summed E-state index contributed by atoms with van der Waals surface area (Å²) in [4.78, 5) is 55.1. The Morgan fingerprint density at radius 1 is 1.19 bits per heavy atom. The van der Waals surface area contributed by atoms with Crippen molar-refractivity contribution in [1.29, 1.82) is 0 Å². The van der Waals surface area contributed by atoms with E-state index in [-0.39, 0.29) is 28.4 Å². The van der Waals surface area contributed by atoms with E-state index in [2.05, 4.69) is 10.3 Å². The molecule has 1 aromatic heterocycles. The van der Waals surface area contributed by atoms with E-state index in [0.29, 0.717) is 10.8 Å². The summed E-state index contributed by atoms with van der Waals surface area (Å²) < 4.78 is 5.10. The number of imide groups is 1. The van der Waals surface area contributed by atoms with E-state index in [4.69, 9.17) is 27.9 Å². The van der Waals surface area contributed by atoms with E-state index < -0.39 is 36.3 Å². The van der Waals surface area contributed by atoms with Crippen molar-refractivity contribution in [3.05, 3.63) is 57.7 Å². The number of pyridine rings is 1. The molecule has 2 heterocycles. The van der Waals surface area contributed by atoms with Gasteiger partial charge in [-0.2, -0.15) is 11.8 Å². The second-order valence-electron chi connectivity index (χ2n) is 6.46. The molecule has 0 spiro atoms. The molecule has 1 aliphatic heterocycles. The van der Waals surface area contributed by atoms with E-state index in [0.717, 1.165) is 4.90 Å². The fraction of sp³-hybridized carbons (Fsp3) is 0.250. The van der Waals surface area contributed by atoms with Crippen molar-refractivity contribution in [2.75, 3.05) is 23.9 Å². The Bertz CT molecular complexity index is 1010. The summed E-state index contributed by atoms with van der Waals surface area (Å²) in [6.07, 6.45) is 3.33. The number of hydrogen-bond acceptors (Lipinski definition) is 7. The Morgan fingerprint density at radius 2 is 1.84 bits per heavy atom. The van der Waals surface area contributed by atoms with Gasteiger partial charge in [0, 0.05) is 6.20 Å². The van der Waals surface area contributed by atoms with Gasteiger partial charge in [-0.3, -0.25) is 19.3 Å². The van der Waals surface area contributed by atoms with Gasteiger partial charge in [-0.05, 0) is 36.6 Å². The first-order valence-electron chi connectivity index (χ1n) is 9.07. The highest BCUT2D eigenvalue weighted by atomic mass is 35.5. The number of rotatable bonds is 8. The Balaban J connectivity index is 1.68. The molecule has 1 aliphatic rings. The first-order chi connectivity index (χ1) is 14.8. The number of carbonyl (C=O) groups excluding carboxylic acids is 4. The highest BCUT2D eigenvalue weighted by molar-refractivity contribution is 7.98. The van der Waals surface area contributed by atoms with Crippen molar-refractivity contribution in [3.8, 4) is 0 Å². The first-order valence-corrected chi connectivity index (χ1v) is 11.2. The first kappa shape index (κ1) is 23.1. The molecule has 31 heavy (non-hydrogen) atoms. The maximum absolute atomic E-state index is 12.7. The molecule has 0 fully saturated rings. The Morgan fingerprint density at radius 3 is 2.42 bits per heavy atom. The smallest absolute Gasteiger partial charge is 0.329 e. The number of esters is 1. The molecule has 11 heteroatoms. The molecule has 1 N–H and O–H groups in total. The zero-order valence-electron chi connectivity index (χ0n) is 16.3. The van der Waals surface area contributed by atoms with Gasteiger partial charge in [0.25, 0.3) is 17.7 Å². The van der Waals surface area contributed by atoms with Crippen LogP contribution in [0.1, 0.15) is 27.1 Å². The minimum Gasteiger partial charge on any atom is -0.454 e. The second-order valence-corrected chi connectivity index (χ2v) is 8.29. The minimum absolute atomic E-state index is 0.0615. The normalized spacial score (nSPS) is 13.7. The molecule has 1 atom stereocenters. The van der Waals surface area contributed by atoms with Crippen LogP contribution in [0.2, 0.25) is 10.0 Å². The van der Waals surface area contributed by atoms with Gasteiger partial charge in [0.2, 0.25) is 0 Å². The molecule has 1 aromatic carbocycles. The molecule has 3 amide bonds. The number of aromatic nitrogens is 1. The van der Waals surface area contributed by atoms with Crippen molar-refractivity contribution < 1.29 is 23.9 Å². The van der Waals surface area contributed by atoms with Crippen molar-refractivity contribution in [1.82, 2.24) is 9.88 Å². The number of fused-ring (bicyclic) bond motifs is 1. The summed E-state index contributed by atoms with van der Waals surface area (Å²) in [6, 6.07) is 6.60. The lowest BCUT2D eigenvalue weighted by atomic mass is 10.1. The lowest BCUT2D eigenvalue weighted by Crippen LogP contribution is -2.46. The van der Waals surface area contributed by atoms with Crippen LogP contribution in [0.15, 0.2) is 36.5 Å². The third-order valence-corrected chi connectivity index (χ3v) is 5.55. The summed E-state index contributed by atoms with van der Waals surface area (Å²) >= 11 is 13.2. The predicted molar refractivity (Wildman–Crippen MR) is 118 cm³/mol. The minimum atomic E-state index is -1.15. The van der Waals surface area contributed by atoms with Crippen molar-refractivity contribution in [2.45, 2.75) is 12.5 Å². The van der Waals surface area contributed by atoms with Crippen LogP contribution in [-0.2, 0) is 14.3 Å². The van der Waals surface area contributed by atoms with Crippen molar-refractivity contribution >= 4 is 64.5 Å². The molecule has 3 rings (SSSR count). The Hall–Kier alpha value is -2.62. The number of ether oxygens (including phenoxy) is 1. The van der Waals surface area contributed by atoms with Gasteiger partial charge in [-0.15, -0.1) is 0 Å². The molecule has 0 saturated carbocycles. The third kappa shape index (κ3) is 5.17. The van der Waals surface area contributed by atoms with Gasteiger partial charge < -0.3 is 10.1 Å². The lowest BCUT2D eigenvalue weighted by Gasteiger charge is -2.24. The summed E-state index contributed by atoms with van der Waals surface area (Å²) in [5.41, 5.74) is 0.464. The Kier molecular flexibility index (Phi) is 7.53. The molecule has 0 unspecified atom stereocenters. The fourth-order valence-corrected chi connectivity index (χ4v) is 3.87. The highest BCUT2D eigenvalue weighted by Crippen LogP contribution is 2.27. The van der Waals surface area contributed by atoms with E-state index in [1.807, 2.05) is 6.26 Å². The maximum Gasteiger partial charge on any atom is 0.329 e. The largest absolute Gasteiger partial charge is 0.454 e. The topological polar surface area (TPSA) is 106 Å². The predicted octanol–water partition coefficient (Wildman–Crippen LogP) is 3.29. The van der Waals surface area contributed by atoms with Crippen LogP contribution in [0.3, 0.4) is 0 Å². The van der Waals surface area contributed by atoms with Crippen molar-refractivity contribution in [3.63, 3.8) is 0 Å². The van der Waals surface area contributed by atoms with Gasteiger partial charge in [-0.1, -0.05) is 35.3 Å². The molecule has 162 valence electrons. The molecule has 8 nitrogen and oxygen atoms in total. The molecular weight excluding hydrogens is 465 g/mol. The standard InChI is InChI=1S/C20H17Cl2N3O5S/c1-31-7-6-15(25-18(27)12-4-2-3-5-13(12)19(25)28)20(29)30-10-16(26)24-17-14(22)8-11(21)9-23-17/h2-5,8-9,15H,6-7,10H2,1H3,(H,23,24,26)/t15-/m1/s1. The molecule has 2 aromatic rings. The molecule has 0 bridgehead atoms. The van der Waals surface area contributed by atoms with Crippen LogP contribution in [0.4, 0.5) is 5.82 Å². The number of nitrogens with zero attached hydrogens (tertiary/aromatic N) is 2. The number of thioether (sulfide) groups is 1. The van der Waals surface area contributed by atoms with Crippen LogP contribution < -0.4 is 5.32 Å². The zero-order valence-corrected chi connectivity index (χ0v) is 18.6. The molecule has 0 saturated heterocycles. The van der Waals surface area contributed by atoms with Gasteiger partial charge in [0.1, 0.15) is 6.04 Å². The second kappa shape index (κ2) is 10.1. The van der Waals surface area contributed by atoms with Crippen LogP contribution in [0.25, 0.3) is 0 Å². The van der Waals surface area contributed by atoms with E-state index in [9.17, 15) is 19.2 Å². The van der Waals surface area contributed by atoms with Crippen molar-refractivity contribution in [2.24, 2.45) is 0 Å². The monoisotopic (exact) mass is 481 g/mol. The fourth-order valence-electron chi connectivity index (χ4n) is 2.98. The Labute approximate surface area is 192 Å². The van der Waals surface area contributed by atoms with Crippen LogP contribution in [0.5, 0.6) is 0 Å². The summed E-state index contributed by atoms with van der Waals surface area (Å²) in [5.74, 6) is -2.10. The SMILES string of the molecule is CSCC[C@H](C(=O)OCC(=O)Nc1ncc(Cl)cc1Cl)N1C(=O)c2ccccc2C1=O. The maximum atomic E-state index is 12.7. The quantitative estimate of drug-likeness (QED) is 0.455. The van der Waals surface area contributed by atoms with E-state index in [1.165, 1.54) is 36.2 Å². The number of nitrogens with one attached hydrogen (secondary N) is 1. The van der Waals surface area contributed by atoms with Crippen LogP contribution in [0, 0.1) is 0 Å². The lowest BCUT2D eigenvalue weighted by molar-refractivity contribution is -0.151. The average molecular weight is 482 g/mol. The summed E-state index contributed by atoms with van der Waals surface area (Å²) in [5, 5.41) is 2.83. The number of carbonyl (C=O) groups is 4. The van der Waals surface area contributed by atoms with E-state index >= 15 is 0 Å². The van der Waals surface area contributed by atoms with Gasteiger partial charge in [0.15, 0.2) is 12.4 Å². The molecule has 0 radical (unpaired) electrons. The summed E-state index contributed by atoms with van der Waals surface area (Å²) in [6.45, 7) is -0.640. The number of amides is 3.